The summed E-state index contributed by atoms with van der Waals surface area (Å²) in [5.74, 6) is 0.00109. The lowest BCUT2D eigenvalue weighted by atomic mass is 9.99. The van der Waals surface area contributed by atoms with E-state index in [9.17, 15) is 13.2 Å². The number of nitrogens with zero attached hydrogens (tertiary/aromatic N) is 2. The molecular formula is C14H21N3O3S. The van der Waals surface area contributed by atoms with Gasteiger partial charge < -0.3 is 10.2 Å². The summed E-state index contributed by atoms with van der Waals surface area (Å²) in [6.07, 6.45) is 1.89. The molecule has 1 heterocycles. The molecule has 1 aromatic carbocycles. The van der Waals surface area contributed by atoms with Crippen LogP contribution >= 0.6 is 0 Å². The molecule has 1 N–H and O–H groups in total. The van der Waals surface area contributed by atoms with Gasteiger partial charge in [-0.25, -0.2) is 8.42 Å². The zero-order valence-electron chi connectivity index (χ0n) is 12.6. The van der Waals surface area contributed by atoms with E-state index in [2.05, 4.69) is 5.32 Å². The van der Waals surface area contributed by atoms with Crippen LogP contribution in [0.2, 0.25) is 0 Å². The second kappa shape index (κ2) is 6.03. The zero-order chi connectivity index (χ0) is 15.6. The van der Waals surface area contributed by atoms with Crippen LogP contribution in [0.25, 0.3) is 0 Å². The number of carbonyl (C=O) groups excluding carboxylic acids is 1. The summed E-state index contributed by atoms with van der Waals surface area (Å²) < 4.78 is 24.7. The van der Waals surface area contributed by atoms with Crippen molar-refractivity contribution < 1.29 is 13.2 Å². The quantitative estimate of drug-likeness (QED) is 0.879. The first-order chi connectivity index (χ1) is 9.79. The number of anilines is 1. The predicted molar refractivity (Wildman–Crippen MR) is 82.6 cm³/mol. The number of carbonyl (C=O) groups is 1. The number of benzene rings is 1. The fraction of sp³-hybridized carbons (Fsp3) is 0.500. The van der Waals surface area contributed by atoms with Crippen LogP contribution in [-0.4, -0.2) is 57.0 Å². The third kappa shape index (κ3) is 3.74. The van der Waals surface area contributed by atoms with Crippen LogP contribution in [-0.2, 0) is 27.8 Å². The van der Waals surface area contributed by atoms with Gasteiger partial charge in [-0.2, -0.15) is 4.31 Å². The van der Waals surface area contributed by atoms with Crippen molar-refractivity contribution >= 4 is 21.6 Å². The zero-order valence-corrected chi connectivity index (χ0v) is 13.4. The first-order valence-corrected chi connectivity index (χ1v) is 8.64. The Bertz CT molecular complexity index is 641. The highest BCUT2D eigenvalue weighted by molar-refractivity contribution is 7.88. The number of likely N-dealkylation sites (N-methyl/N-ethyl adjacent to an activating group) is 1. The van der Waals surface area contributed by atoms with Crippen molar-refractivity contribution in [1.82, 2.24) is 9.21 Å². The number of hydrogen-bond acceptors (Lipinski definition) is 4. The summed E-state index contributed by atoms with van der Waals surface area (Å²) in [5.41, 5.74) is 3.01. The lowest BCUT2D eigenvalue weighted by molar-refractivity contribution is -0.126. The molecule has 0 bridgehead atoms. The summed E-state index contributed by atoms with van der Waals surface area (Å²) in [6.45, 7) is 1.11. The Kier molecular flexibility index (Phi) is 4.53. The summed E-state index contributed by atoms with van der Waals surface area (Å²) >= 11 is 0. The Balaban J connectivity index is 2.16. The van der Waals surface area contributed by atoms with Crippen molar-refractivity contribution in [3.63, 3.8) is 0 Å². The van der Waals surface area contributed by atoms with Crippen molar-refractivity contribution in [2.45, 2.75) is 13.0 Å². The first kappa shape index (κ1) is 15.8. The molecule has 0 saturated carbocycles. The minimum absolute atomic E-state index is 0.00109. The van der Waals surface area contributed by atoms with E-state index in [-0.39, 0.29) is 12.5 Å². The summed E-state index contributed by atoms with van der Waals surface area (Å²) in [4.78, 5) is 13.2. The highest BCUT2D eigenvalue weighted by atomic mass is 32.2. The van der Waals surface area contributed by atoms with Crippen molar-refractivity contribution in [2.24, 2.45) is 0 Å². The van der Waals surface area contributed by atoms with Gasteiger partial charge in [-0.1, -0.05) is 12.1 Å². The molecule has 0 aromatic heterocycles. The maximum Gasteiger partial charge on any atom is 0.241 e. The van der Waals surface area contributed by atoms with Crippen LogP contribution in [0, 0.1) is 0 Å². The smallest absolute Gasteiger partial charge is 0.241 e. The minimum Gasteiger partial charge on any atom is -0.376 e. The van der Waals surface area contributed by atoms with Crippen molar-refractivity contribution in [1.29, 1.82) is 0 Å². The third-order valence-corrected chi connectivity index (χ3v) is 4.88. The molecule has 6 nitrogen and oxygen atoms in total. The molecule has 1 amide bonds. The molecule has 116 valence electrons. The van der Waals surface area contributed by atoms with Gasteiger partial charge in [-0.3, -0.25) is 4.79 Å². The Labute approximate surface area is 125 Å². The summed E-state index contributed by atoms with van der Waals surface area (Å²) in [7, 11) is 0.267. The number of sulfonamides is 1. The molecule has 0 radical (unpaired) electrons. The molecule has 0 spiro atoms. The molecule has 1 aromatic rings. The molecule has 1 aliphatic heterocycles. The Morgan fingerprint density at radius 1 is 1.38 bits per heavy atom. The minimum atomic E-state index is -3.17. The topological polar surface area (TPSA) is 69.7 Å². The summed E-state index contributed by atoms with van der Waals surface area (Å²) in [5, 5.41) is 3.15. The number of fused-ring (bicyclic) bond motifs is 1. The van der Waals surface area contributed by atoms with Crippen molar-refractivity contribution in [3.05, 3.63) is 29.3 Å². The van der Waals surface area contributed by atoms with Gasteiger partial charge in [0, 0.05) is 32.9 Å². The molecule has 1 aliphatic rings. The largest absolute Gasteiger partial charge is 0.376 e. The lowest BCUT2D eigenvalue weighted by Gasteiger charge is -2.28. The van der Waals surface area contributed by atoms with Gasteiger partial charge in [0.2, 0.25) is 15.9 Å². The number of amides is 1. The fourth-order valence-electron chi connectivity index (χ4n) is 2.36. The van der Waals surface area contributed by atoms with Crippen molar-refractivity contribution in [3.8, 4) is 0 Å². The van der Waals surface area contributed by atoms with Crippen LogP contribution in [0.15, 0.2) is 18.2 Å². The SMILES string of the molecule is CN(C)C(=O)CNc1cccc2c1CCN(S(C)(=O)=O)C2. The molecule has 0 fully saturated rings. The molecule has 2 rings (SSSR count). The van der Waals surface area contributed by atoms with Gasteiger partial charge in [-0.15, -0.1) is 0 Å². The second-order valence-corrected chi connectivity index (χ2v) is 7.41. The van der Waals surface area contributed by atoms with E-state index in [1.54, 1.807) is 14.1 Å². The Morgan fingerprint density at radius 2 is 2.10 bits per heavy atom. The van der Waals surface area contributed by atoms with E-state index in [1.165, 1.54) is 15.5 Å². The van der Waals surface area contributed by atoms with E-state index in [1.807, 2.05) is 18.2 Å². The van der Waals surface area contributed by atoms with E-state index in [4.69, 9.17) is 0 Å². The first-order valence-electron chi connectivity index (χ1n) is 6.79. The van der Waals surface area contributed by atoms with Gasteiger partial charge in [0.05, 0.1) is 12.8 Å². The van der Waals surface area contributed by atoms with Crippen LogP contribution in [0.1, 0.15) is 11.1 Å². The van der Waals surface area contributed by atoms with Gasteiger partial charge >= 0.3 is 0 Å². The van der Waals surface area contributed by atoms with Gasteiger partial charge in [0.25, 0.3) is 0 Å². The Morgan fingerprint density at radius 3 is 2.71 bits per heavy atom. The Hall–Kier alpha value is -1.60. The van der Waals surface area contributed by atoms with Crippen molar-refractivity contribution in [2.75, 3.05) is 38.8 Å². The van der Waals surface area contributed by atoms with E-state index < -0.39 is 10.0 Å². The third-order valence-electron chi connectivity index (χ3n) is 3.63. The van der Waals surface area contributed by atoms with E-state index in [0.717, 1.165) is 16.8 Å². The standard InChI is InChI=1S/C14H21N3O3S/c1-16(2)14(18)9-15-13-6-4-5-11-10-17(21(3,19)20)8-7-12(11)13/h4-6,15H,7-10H2,1-3H3. The average Bonchev–Trinajstić information content (AvgIpc) is 2.42. The van der Waals surface area contributed by atoms with Gasteiger partial charge in [-0.05, 0) is 23.6 Å². The fourth-order valence-corrected chi connectivity index (χ4v) is 3.16. The van der Waals surface area contributed by atoms with Crippen LogP contribution in [0.4, 0.5) is 5.69 Å². The van der Waals surface area contributed by atoms with Crippen LogP contribution in [0.5, 0.6) is 0 Å². The predicted octanol–water partition coefficient (Wildman–Crippen LogP) is 0.504. The lowest BCUT2D eigenvalue weighted by Crippen LogP contribution is -2.35. The average molecular weight is 311 g/mol. The summed E-state index contributed by atoms with van der Waals surface area (Å²) in [6, 6.07) is 5.75. The molecule has 0 aliphatic carbocycles. The molecule has 0 atom stereocenters. The highest BCUT2D eigenvalue weighted by Crippen LogP contribution is 2.27. The van der Waals surface area contributed by atoms with E-state index in [0.29, 0.717) is 19.5 Å². The maximum absolute atomic E-state index is 11.6. The van der Waals surface area contributed by atoms with Gasteiger partial charge in [0.15, 0.2) is 0 Å². The normalized spacial score (nSPS) is 15.4. The maximum atomic E-state index is 11.6. The number of rotatable bonds is 4. The molecular weight excluding hydrogens is 290 g/mol. The highest BCUT2D eigenvalue weighted by Gasteiger charge is 2.24. The number of hydrogen-bond donors (Lipinski definition) is 1. The monoisotopic (exact) mass is 311 g/mol. The van der Waals surface area contributed by atoms with Crippen LogP contribution < -0.4 is 5.32 Å². The van der Waals surface area contributed by atoms with E-state index >= 15 is 0 Å². The van der Waals surface area contributed by atoms with Crippen LogP contribution in [0.3, 0.4) is 0 Å². The van der Waals surface area contributed by atoms with Gasteiger partial charge in [0.1, 0.15) is 0 Å². The number of nitrogens with one attached hydrogen (secondary N) is 1. The second-order valence-electron chi connectivity index (χ2n) is 5.43. The molecule has 21 heavy (non-hydrogen) atoms. The molecule has 0 unspecified atom stereocenters. The molecule has 0 saturated heterocycles. The molecule has 7 heteroatoms.